The SMILES string of the molecule is Cc1nc(OCC2COC(C)(C)OC2)ccc1Br. The molecular weight excluding hydrogens is 298 g/mol. The molecule has 0 N–H and O–H groups in total. The maximum Gasteiger partial charge on any atom is 0.213 e. The van der Waals surface area contributed by atoms with Crippen molar-refractivity contribution in [1.82, 2.24) is 4.98 Å². The van der Waals surface area contributed by atoms with Crippen molar-refractivity contribution >= 4 is 15.9 Å². The smallest absolute Gasteiger partial charge is 0.213 e. The lowest BCUT2D eigenvalue weighted by Crippen LogP contribution is -2.41. The molecule has 100 valence electrons. The third-order valence-corrected chi connectivity index (χ3v) is 3.63. The number of rotatable bonds is 3. The van der Waals surface area contributed by atoms with Crippen LogP contribution in [0.3, 0.4) is 0 Å². The second kappa shape index (κ2) is 5.55. The van der Waals surface area contributed by atoms with Crippen LogP contribution >= 0.6 is 15.9 Å². The van der Waals surface area contributed by atoms with E-state index in [4.69, 9.17) is 14.2 Å². The van der Waals surface area contributed by atoms with Gasteiger partial charge in [-0.15, -0.1) is 0 Å². The van der Waals surface area contributed by atoms with E-state index in [0.717, 1.165) is 10.2 Å². The molecule has 0 unspecified atom stereocenters. The molecule has 0 radical (unpaired) electrons. The van der Waals surface area contributed by atoms with Crippen molar-refractivity contribution in [1.29, 1.82) is 0 Å². The number of hydrogen-bond donors (Lipinski definition) is 0. The fourth-order valence-electron chi connectivity index (χ4n) is 1.63. The number of ether oxygens (including phenoxy) is 3. The van der Waals surface area contributed by atoms with Crippen molar-refractivity contribution in [3.63, 3.8) is 0 Å². The summed E-state index contributed by atoms with van der Waals surface area (Å²) in [6.07, 6.45) is 0. The zero-order valence-corrected chi connectivity index (χ0v) is 12.5. The van der Waals surface area contributed by atoms with Gasteiger partial charge in [-0.25, -0.2) is 4.98 Å². The summed E-state index contributed by atoms with van der Waals surface area (Å²) in [6, 6.07) is 3.79. The number of aromatic nitrogens is 1. The highest BCUT2D eigenvalue weighted by molar-refractivity contribution is 9.10. The molecule has 0 aliphatic carbocycles. The first-order valence-electron chi connectivity index (χ1n) is 6.00. The van der Waals surface area contributed by atoms with Gasteiger partial charge in [-0.1, -0.05) is 0 Å². The topological polar surface area (TPSA) is 40.6 Å². The summed E-state index contributed by atoms with van der Waals surface area (Å²) >= 11 is 3.41. The van der Waals surface area contributed by atoms with E-state index in [1.54, 1.807) is 0 Å². The van der Waals surface area contributed by atoms with E-state index in [0.29, 0.717) is 25.7 Å². The molecule has 1 aromatic heterocycles. The van der Waals surface area contributed by atoms with Gasteiger partial charge in [0.05, 0.1) is 25.5 Å². The molecule has 0 aromatic carbocycles. The molecule has 0 saturated carbocycles. The summed E-state index contributed by atoms with van der Waals surface area (Å²) in [6.45, 7) is 7.65. The maximum absolute atomic E-state index is 5.66. The lowest BCUT2D eigenvalue weighted by atomic mass is 10.1. The van der Waals surface area contributed by atoms with E-state index < -0.39 is 5.79 Å². The Morgan fingerprint density at radius 1 is 1.39 bits per heavy atom. The van der Waals surface area contributed by atoms with Gasteiger partial charge < -0.3 is 14.2 Å². The zero-order valence-electron chi connectivity index (χ0n) is 10.9. The van der Waals surface area contributed by atoms with E-state index in [1.807, 2.05) is 32.9 Å². The zero-order chi connectivity index (χ0) is 13.2. The quantitative estimate of drug-likeness (QED) is 0.860. The van der Waals surface area contributed by atoms with Crippen molar-refractivity contribution in [2.45, 2.75) is 26.6 Å². The van der Waals surface area contributed by atoms with Gasteiger partial charge in [0, 0.05) is 16.5 Å². The van der Waals surface area contributed by atoms with Gasteiger partial charge >= 0.3 is 0 Å². The van der Waals surface area contributed by atoms with Crippen LogP contribution in [0.5, 0.6) is 5.88 Å². The summed E-state index contributed by atoms with van der Waals surface area (Å²) in [7, 11) is 0. The molecule has 1 fully saturated rings. The normalized spacial score (nSPS) is 19.8. The van der Waals surface area contributed by atoms with E-state index >= 15 is 0 Å². The predicted molar refractivity (Wildman–Crippen MR) is 71.6 cm³/mol. The molecule has 0 amide bonds. The largest absolute Gasteiger partial charge is 0.477 e. The summed E-state index contributed by atoms with van der Waals surface area (Å²) in [4.78, 5) is 4.33. The fourth-order valence-corrected chi connectivity index (χ4v) is 1.85. The standard InChI is InChI=1S/C13H18BrNO3/c1-9-11(14)4-5-12(15-9)16-6-10-7-17-13(2,3)18-8-10/h4-5,10H,6-8H2,1-3H3. The fraction of sp³-hybridized carbons (Fsp3) is 0.615. The first-order chi connectivity index (χ1) is 8.46. The highest BCUT2D eigenvalue weighted by Gasteiger charge is 2.28. The average Bonchev–Trinajstić information content (AvgIpc) is 2.32. The first-order valence-corrected chi connectivity index (χ1v) is 6.79. The predicted octanol–water partition coefficient (Wildman–Crippen LogP) is 2.93. The van der Waals surface area contributed by atoms with Crippen LogP contribution < -0.4 is 4.74 Å². The number of aryl methyl sites for hydroxylation is 1. The summed E-state index contributed by atoms with van der Waals surface area (Å²) in [5, 5.41) is 0. The summed E-state index contributed by atoms with van der Waals surface area (Å²) in [5.41, 5.74) is 0.921. The number of hydrogen-bond acceptors (Lipinski definition) is 4. The van der Waals surface area contributed by atoms with Crippen molar-refractivity contribution in [2.75, 3.05) is 19.8 Å². The molecule has 4 nitrogen and oxygen atoms in total. The minimum atomic E-state index is -0.469. The van der Waals surface area contributed by atoms with Crippen molar-refractivity contribution in [3.8, 4) is 5.88 Å². The van der Waals surface area contributed by atoms with Crippen LogP contribution in [0.1, 0.15) is 19.5 Å². The van der Waals surface area contributed by atoms with Gasteiger partial charge in [-0.2, -0.15) is 0 Å². The molecule has 2 heterocycles. The van der Waals surface area contributed by atoms with Crippen molar-refractivity contribution in [2.24, 2.45) is 5.92 Å². The Bertz CT molecular complexity index is 413. The lowest BCUT2D eigenvalue weighted by Gasteiger charge is -2.34. The molecule has 1 aromatic rings. The Kier molecular flexibility index (Phi) is 4.25. The molecule has 1 saturated heterocycles. The minimum absolute atomic E-state index is 0.253. The van der Waals surface area contributed by atoms with Gasteiger partial charge in [-0.3, -0.25) is 0 Å². The first kappa shape index (κ1) is 13.8. The second-order valence-corrected chi connectivity index (χ2v) is 5.77. The maximum atomic E-state index is 5.66. The lowest BCUT2D eigenvalue weighted by molar-refractivity contribution is -0.264. The van der Waals surface area contributed by atoms with Gasteiger partial charge in [0.25, 0.3) is 0 Å². The summed E-state index contributed by atoms with van der Waals surface area (Å²) in [5.74, 6) is 0.424. The van der Waals surface area contributed by atoms with Gasteiger partial charge in [0.2, 0.25) is 5.88 Å². The van der Waals surface area contributed by atoms with E-state index in [2.05, 4.69) is 20.9 Å². The second-order valence-electron chi connectivity index (χ2n) is 4.92. The van der Waals surface area contributed by atoms with E-state index in [1.165, 1.54) is 0 Å². The highest BCUT2D eigenvalue weighted by Crippen LogP contribution is 2.22. The monoisotopic (exact) mass is 315 g/mol. The van der Waals surface area contributed by atoms with Gasteiger partial charge in [0.1, 0.15) is 0 Å². The Hall–Kier alpha value is -0.650. The number of halogens is 1. The molecule has 5 heteroatoms. The third kappa shape index (κ3) is 3.67. The Morgan fingerprint density at radius 3 is 2.67 bits per heavy atom. The van der Waals surface area contributed by atoms with Crippen molar-refractivity contribution in [3.05, 3.63) is 22.3 Å². The Morgan fingerprint density at radius 2 is 2.06 bits per heavy atom. The number of nitrogens with zero attached hydrogens (tertiary/aromatic N) is 1. The molecule has 18 heavy (non-hydrogen) atoms. The van der Waals surface area contributed by atoms with E-state index in [-0.39, 0.29) is 5.92 Å². The molecule has 1 aliphatic heterocycles. The van der Waals surface area contributed by atoms with Crippen LogP contribution in [0.2, 0.25) is 0 Å². The Labute approximate surface area is 116 Å². The van der Waals surface area contributed by atoms with Gasteiger partial charge in [0.15, 0.2) is 5.79 Å². The van der Waals surface area contributed by atoms with E-state index in [9.17, 15) is 0 Å². The molecule has 0 bridgehead atoms. The van der Waals surface area contributed by atoms with Crippen molar-refractivity contribution < 1.29 is 14.2 Å². The molecule has 2 rings (SSSR count). The molecule has 0 atom stereocenters. The average molecular weight is 316 g/mol. The third-order valence-electron chi connectivity index (χ3n) is 2.80. The van der Waals surface area contributed by atoms with Crippen LogP contribution in [-0.4, -0.2) is 30.6 Å². The van der Waals surface area contributed by atoms with Gasteiger partial charge in [-0.05, 0) is 42.8 Å². The summed E-state index contributed by atoms with van der Waals surface area (Å²) < 4.78 is 17.8. The Balaban J connectivity index is 1.83. The van der Waals surface area contributed by atoms with Crippen LogP contribution in [0.25, 0.3) is 0 Å². The minimum Gasteiger partial charge on any atom is -0.477 e. The van der Waals surface area contributed by atoms with Crippen LogP contribution in [-0.2, 0) is 9.47 Å². The highest BCUT2D eigenvalue weighted by atomic mass is 79.9. The molecule has 1 aliphatic rings. The molecule has 0 spiro atoms. The van der Waals surface area contributed by atoms with Crippen LogP contribution in [0.15, 0.2) is 16.6 Å². The number of pyridine rings is 1. The van der Waals surface area contributed by atoms with Crippen LogP contribution in [0, 0.1) is 12.8 Å². The molecular formula is C13H18BrNO3. The van der Waals surface area contributed by atoms with Crippen LogP contribution in [0.4, 0.5) is 0 Å².